The summed E-state index contributed by atoms with van der Waals surface area (Å²) in [6.07, 6.45) is -0.556. The van der Waals surface area contributed by atoms with E-state index in [0.29, 0.717) is 36.8 Å². The number of ether oxygens (including phenoxy) is 1. The maximum absolute atomic E-state index is 13.1. The molecule has 2 atom stereocenters. The predicted octanol–water partition coefficient (Wildman–Crippen LogP) is 2.65. The van der Waals surface area contributed by atoms with Crippen molar-refractivity contribution in [2.75, 3.05) is 60.9 Å². The lowest BCUT2D eigenvalue weighted by atomic mass is 10.0. The molecule has 0 unspecified atom stereocenters. The smallest absolute Gasteiger partial charge is 0.407 e. The van der Waals surface area contributed by atoms with Crippen LogP contribution in [0.5, 0.6) is 0 Å². The molecule has 2 aromatic carbocycles. The van der Waals surface area contributed by atoms with Gasteiger partial charge in [-0.05, 0) is 70.4 Å². The van der Waals surface area contributed by atoms with Gasteiger partial charge in [0.1, 0.15) is 6.10 Å². The molecule has 4 N–H and O–H groups in total. The van der Waals surface area contributed by atoms with Crippen LogP contribution in [0, 0.1) is 0 Å². The molecule has 11 heteroatoms. The zero-order valence-corrected chi connectivity index (χ0v) is 24.4. The molecule has 0 radical (unpaired) electrons. The van der Waals surface area contributed by atoms with Crippen molar-refractivity contribution in [2.45, 2.75) is 32.4 Å². The minimum Gasteiger partial charge on any atom is -0.444 e. The normalized spacial score (nSPS) is 12.5. The highest BCUT2D eigenvalue weighted by atomic mass is 16.6. The van der Waals surface area contributed by atoms with E-state index in [2.05, 4.69) is 35.0 Å². The van der Waals surface area contributed by atoms with E-state index in [1.54, 1.807) is 19.1 Å². The third kappa shape index (κ3) is 11.2. The van der Waals surface area contributed by atoms with Gasteiger partial charge in [-0.1, -0.05) is 43.3 Å². The third-order valence-electron chi connectivity index (χ3n) is 6.29. The average Bonchev–Trinajstić information content (AvgIpc) is 2.92. The first-order valence-corrected chi connectivity index (χ1v) is 13.5. The number of amides is 4. The lowest BCUT2D eigenvalue weighted by Crippen LogP contribution is -2.53. The minimum absolute atomic E-state index is 0.298. The standard InChI is InChI=1S/C29H44N6O5/c1-7-22-8-10-23(11-9-22)24-12-14-25(15-13-24)27(36)32-26(20-35(39)28(37)30-16-18-33(3)4)21(2)40-29(38)31-17-19-34(5)6/h8-15,21,26,39H,7,16-20H2,1-6H3,(H,30,37)(H,31,38)(H,32,36)/t21-,26-/m1/s1. The maximum atomic E-state index is 13.1. The van der Waals surface area contributed by atoms with E-state index < -0.39 is 30.2 Å². The van der Waals surface area contributed by atoms with Crippen LogP contribution < -0.4 is 16.0 Å². The van der Waals surface area contributed by atoms with Crippen LogP contribution in [0.1, 0.15) is 29.8 Å². The molecule has 0 aliphatic heterocycles. The molecule has 4 amide bonds. The van der Waals surface area contributed by atoms with Crippen LogP contribution in [0.2, 0.25) is 0 Å². The summed E-state index contributed by atoms with van der Waals surface area (Å²) in [6.45, 7) is 5.32. The fraction of sp³-hybridized carbons (Fsp3) is 0.483. The van der Waals surface area contributed by atoms with Crippen molar-refractivity contribution in [3.63, 3.8) is 0 Å². The van der Waals surface area contributed by atoms with Gasteiger partial charge < -0.3 is 30.5 Å². The number of benzene rings is 2. The van der Waals surface area contributed by atoms with Gasteiger partial charge in [0.15, 0.2) is 0 Å². The maximum Gasteiger partial charge on any atom is 0.407 e. The minimum atomic E-state index is -0.891. The van der Waals surface area contributed by atoms with Crippen molar-refractivity contribution in [3.8, 4) is 11.1 Å². The summed E-state index contributed by atoms with van der Waals surface area (Å²) < 4.78 is 5.46. The quantitative estimate of drug-likeness (QED) is 0.208. The summed E-state index contributed by atoms with van der Waals surface area (Å²) in [4.78, 5) is 41.6. The van der Waals surface area contributed by atoms with E-state index >= 15 is 0 Å². The number of urea groups is 1. The predicted molar refractivity (Wildman–Crippen MR) is 155 cm³/mol. The summed E-state index contributed by atoms with van der Waals surface area (Å²) in [5, 5.41) is 19.0. The first-order chi connectivity index (χ1) is 19.0. The van der Waals surface area contributed by atoms with Crippen LogP contribution >= 0.6 is 0 Å². The zero-order valence-electron chi connectivity index (χ0n) is 24.4. The molecule has 0 saturated heterocycles. The zero-order chi connectivity index (χ0) is 29.7. The highest BCUT2D eigenvalue weighted by Crippen LogP contribution is 2.21. The van der Waals surface area contributed by atoms with Gasteiger partial charge in [0.2, 0.25) is 0 Å². The fourth-order valence-corrected chi connectivity index (χ4v) is 3.73. The summed E-state index contributed by atoms with van der Waals surface area (Å²) in [7, 11) is 7.50. The van der Waals surface area contributed by atoms with Crippen LogP contribution in [-0.2, 0) is 11.2 Å². The molecule has 2 rings (SSSR count). The lowest BCUT2D eigenvalue weighted by molar-refractivity contribution is -0.0588. The molecule has 0 aliphatic rings. The molecule has 0 fully saturated rings. The van der Waals surface area contributed by atoms with Crippen molar-refractivity contribution in [1.82, 2.24) is 30.8 Å². The van der Waals surface area contributed by atoms with Crippen LogP contribution in [0.3, 0.4) is 0 Å². The topological polar surface area (TPSA) is 126 Å². The van der Waals surface area contributed by atoms with E-state index in [9.17, 15) is 19.6 Å². The Morgan fingerprint density at radius 2 is 1.38 bits per heavy atom. The fourth-order valence-electron chi connectivity index (χ4n) is 3.73. The van der Waals surface area contributed by atoms with E-state index in [0.717, 1.165) is 17.5 Å². The Morgan fingerprint density at radius 3 is 1.90 bits per heavy atom. The largest absolute Gasteiger partial charge is 0.444 e. The Hall–Kier alpha value is -3.67. The lowest BCUT2D eigenvalue weighted by Gasteiger charge is -2.28. The Morgan fingerprint density at radius 1 is 0.850 bits per heavy atom. The molecule has 11 nitrogen and oxygen atoms in total. The van der Waals surface area contributed by atoms with Gasteiger partial charge in [-0.3, -0.25) is 10.0 Å². The average molecular weight is 557 g/mol. The molecule has 0 aromatic heterocycles. The molecule has 0 aliphatic carbocycles. The van der Waals surface area contributed by atoms with Crippen LogP contribution in [0.15, 0.2) is 48.5 Å². The Bertz CT molecular complexity index is 1080. The van der Waals surface area contributed by atoms with Crippen molar-refractivity contribution in [1.29, 1.82) is 0 Å². The highest BCUT2D eigenvalue weighted by Gasteiger charge is 2.27. The number of hydrogen-bond donors (Lipinski definition) is 4. The molecule has 2 aromatic rings. The number of nitrogens with one attached hydrogen (secondary N) is 3. The van der Waals surface area contributed by atoms with Gasteiger partial charge in [0.25, 0.3) is 5.91 Å². The molecular formula is C29H44N6O5. The van der Waals surface area contributed by atoms with E-state index in [1.165, 1.54) is 5.56 Å². The van der Waals surface area contributed by atoms with Crippen molar-refractivity contribution in [2.24, 2.45) is 0 Å². The number of hydroxylamine groups is 2. The van der Waals surface area contributed by atoms with Gasteiger partial charge in [-0.15, -0.1) is 0 Å². The monoisotopic (exact) mass is 556 g/mol. The molecular weight excluding hydrogens is 512 g/mol. The number of rotatable bonds is 14. The number of nitrogens with zero attached hydrogens (tertiary/aromatic N) is 3. The van der Waals surface area contributed by atoms with Crippen molar-refractivity contribution in [3.05, 3.63) is 59.7 Å². The Balaban J connectivity index is 2.10. The summed E-state index contributed by atoms with van der Waals surface area (Å²) in [6, 6.07) is 13.8. The van der Waals surface area contributed by atoms with Crippen molar-refractivity contribution >= 4 is 18.0 Å². The van der Waals surface area contributed by atoms with E-state index in [-0.39, 0.29) is 6.54 Å². The van der Waals surface area contributed by atoms with Gasteiger partial charge in [-0.25, -0.2) is 14.7 Å². The molecule has 40 heavy (non-hydrogen) atoms. The van der Waals surface area contributed by atoms with Crippen LogP contribution in [0.4, 0.5) is 9.59 Å². The number of carbonyl (C=O) groups is 3. The van der Waals surface area contributed by atoms with Crippen molar-refractivity contribution < 1.29 is 24.3 Å². The highest BCUT2D eigenvalue weighted by molar-refractivity contribution is 5.95. The summed E-state index contributed by atoms with van der Waals surface area (Å²) in [5.74, 6) is -0.428. The molecule has 0 bridgehead atoms. The third-order valence-corrected chi connectivity index (χ3v) is 6.29. The first-order valence-electron chi connectivity index (χ1n) is 13.5. The summed E-state index contributed by atoms with van der Waals surface area (Å²) >= 11 is 0. The van der Waals surface area contributed by atoms with Crippen LogP contribution in [-0.4, -0.2) is 111 Å². The van der Waals surface area contributed by atoms with Crippen LogP contribution in [0.25, 0.3) is 11.1 Å². The second kappa shape index (κ2) is 16.4. The van der Waals surface area contributed by atoms with E-state index in [1.807, 2.05) is 62.3 Å². The number of alkyl carbamates (subject to hydrolysis) is 1. The van der Waals surface area contributed by atoms with Gasteiger partial charge >= 0.3 is 12.1 Å². The SMILES string of the molecule is CCc1ccc(-c2ccc(C(=O)N[C@H](CN(O)C(=O)NCCN(C)C)[C@@H](C)OC(=O)NCCN(C)C)cc2)cc1. The number of likely N-dealkylation sites (N-methyl/N-ethyl adjacent to an activating group) is 2. The second-order valence-corrected chi connectivity index (χ2v) is 10.2. The molecule has 0 spiro atoms. The summed E-state index contributed by atoms with van der Waals surface area (Å²) in [5.41, 5.74) is 3.65. The van der Waals surface area contributed by atoms with E-state index in [4.69, 9.17) is 4.74 Å². The number of hydrogen-bond acceptors (Lipinski definition) is 7. The molecule has 0 saturated carbocycles. The van der Waals surface area contributed by atoms with Gasteiger partial charge in [0.05, 0.1) is 12.6 Å². The Labute approximate surface area is 237 Å². The number of aryl methyl sites for hydroxylation is 1. The van der Waals surface area contributed by atoms with Gasteiger partial charge in [-0.2, -0.15) is 0 Å². The first kappa shape index (κ1) is 32.5. The molecule has 0 heterocycles. The molecule has 220 valence electrons. The second-order valence-electron chi connectivity index (χ2n) is 10.2. The van der Waals surface area contributed by atoms with Gasteiger partial charge in [0, 0.05) is 31.7 Å². The Kier molecular flexibility index (Phi) is 13.4. The number of carbonyl (C=O) groups excluding carboxylic acids is 3.